The third kappa shape index (κ3) is 1.79. The number of ether oxygens (including phenoxy) is 1. The summed E-state index contributed by atoms with van der Waals surface area (Å²) < 4.78 is 5.61. The van der Waals surface area contributed by atoms with Gasteiger partial charge in [0.25, 0.3) is 5.91 Å². The molecule has 0 saturated carbocycles. The molecular weight excluding hydrogens is 214 g/mol. The highest BCUT2D eigenvalue weighted by Crippen LogP contribution is 2.27. The monoisotopic (exact) mass is 225 g/mol. The molecule has 1 aromatic carbocycles. The largest absolute Gasteiger partial charge is 0.470 e. The van der Waals surface area contributed by atoms with E-state index in [1.165, 1.54) is 0 Å². The highest BCUT2D eigenvalue weighted by Gasteiger charge is 2.29. The highest BCUT2D eigenvalue weighted by atomic mass is 35.5. The van der Waals surface area contributed by atoms with E-state index in [9.17, 15) is 4.79 Å². The van der Waals surface area contributed by atoms with Crippen LogP contribution in [0.15, 0.2) is 24.3 Å². The van der Waals surface area contributed by atoms with Gasteiger partial charge in [0.2, 0.25) is 0 Å². The van der Waals surface area contributed by atoms with Gasteiger partial charge in [0, 0.05) is 12.4 Å². The molecule has 3 nitrogen and oxygen atoms in total. The number of amides is 1. The van der Waals surface area contributed by atoms with Crippen LogP contribution in [0.5, 0.6) is 5.75 Å². The van der Waals surface area contributed by atoms with Crippen LogP contribution in [0, 0.1) is 0 Å². The number of para-hydroxylation sites is 1. The first-order valence-electron chi connectivity index (χ1n) is 4.86. The molecule has 1 amide bonds. The summed E-state index contributed by atoms with van der Waals surface area (Å²) in [7, 11) is 0. The van der Waals surface area contributed by atoms with E-state index in [4.69, 9.17) is 16.3 Å². The number of rotatable bonds is 2. The Kier molecular flexibility index (Phi) is 2.82. The summed E-state index contributed by atoms with van der Waals surface area (Å²) in [5, 5.41) is 0. The van der Waals surface area contributed by atoms with Crippen LogP contribution in [-0.4, -0.2) is 29.5 Å². The number of carbonyl (C=O) groups is 1. The molecule has 0 aliphatic carbocycles. The van der Waals surface area contributed by atoms with E-state index in [0.717, 1.165) is 0 Å². The Balaban J connectivity index is 2.34. The third-order valence-corrected chi connectivity index (χ3v) is 2.61. The van der Waals surface area contributed by atoms with Crippen molar-refractivity contribution in [3.8, 4) is 5.75 Å². The summed E-state index contributed by atoms with van der Waals surface area (Å²) in [5.41, 5.74) is 0.612. The van der Waals surface area contributed by atoms with Gasteiger partial charge in [-0.3, -0.25) is 4.79 Å². The number of hydrogen-bond acceptors (Lipinski definition) is 2. The Morgan fingerprint density at radius 3 is 2.93 bits per heavy atom. The van der Waals surface area contributed by atoms with Crippen molar-refractivity contribution in [1.29, 1.82) is 0 Å². The van der Waals surface area contributed by atoms with Gasteiger partial charge in [-0.1, -0.05) is 12.1 Å². The van der Waals surface area contributed by atoms with Crippen LogP contribution in [0.4, 0.5) is 0 Å². The molecule has 1 heterocycles. The molecule has 0 N–H and O–H groups in total. The molecule has 0 aromatic heterocycles. The lowest BCUT2D eigenvalue weighted by atomic mass is 10.1. The van der Waals surface area contributed by atoms with Crippen LogP contribution in [-0.2, 0) is 0 Å². The third-order valence-electron chi connectivity index (χ3n) is 2.44. The van der Waals surface area contributed by atoms with E-state index in [-0.39, 0.29) is 12.1 Å². The summed E-state index contributed by atoms with van der Waals surface area (Å²) in [6, 6.07) is 7.26. The van der Waals surface area contributed by atoms with E-state index in [1.807, 2.05) is 25.1 Å². The smallest absolute Gasteiger partial charge is 0.260 e. The van der Waals surface area contributed by atoms with Crippen molar-refractivity contribution in [3.63, 3.8) is 0 Å². The number of fused-ring (bicyclic) bond motifs is 1. The van der Waals surface area contributed by atoms with E-state index in [2.05, 4.69) is 0 Å². The molecule has 0 radical (unpaired) electrons. The standard InChI is InChI=1S/C11H12ClNO2/c1-8-13(7-6-12)11(14)9-4-2-3-5-10(9)15-8/h2-5,8H,6-7H2,1H3. The molecule has 0 fully saturated rings. The molecule has 1 aromatic rings. The lowest BCUT2D eigenvalue weighted by Gasteiger charge is -2.34. The average Bonchev–Trinajstić information content (AvgIpc) is 2.24. The van der Waals surface area contributed by atoms with Gasteiger partial charge in [-0.2, -0.15) is 0 Å². The van der Waals surface area contributed by atoms with Gasteiger partial charge in [0.05, 0.1) is 5.56 Å². The van der Waals surface area contributed by atoms with Gasteiger partial charge < -0.3 is 9.64 Å². The zero-order valence-electron chi connectivity index (χ0n) is 8.44. The molecular formula is C11H12ClNO2. The van der Waals surface area contributed by atoms with Crippen LogP contribution >= 0.6 is 11.6 Å². The fourth-order valence-electron chi connectivity index (χ4n) is 1.69. The minimum absolute atomic E-state index is 0.00926. The molecule has 1 unspecified atom stereocenters. The summed E-state index contributed by atoms with van der Waals surface area (Å²) >= 11 is 5.64. The molecule has 0 spiro atoms. The fourth-order valence-corrected chi connectivity index (χ4v) is 1.87. The van der Waals surface area contributed by atoms with Crippen LogP contribution in [0.2, 0.25) is 0 Å². The molecule has 1 aliphatic heterocycles. The van der Waals surface area contributed by atoms with Gasteiger partial charge >= 0.3 is 0 Å². The van der Waals surface area contributed by atoms with Crippen LogP contribution in [0.3, 0.4) is 0 Å². The van der Waals surface area contributed by atoms with Crippen LogP contribution in [0.25, 0.3) is 0 Å². The molecule has 0 bridgehead atoms. The second kappa shape index (κ2) is 4.11. The Morgan fingerprint density at radius 1 is 1.47 bits per heavy atom. The predicted molar refractivity (Wildman–Crippen MR) is 58.3 cm³/mol. The minimum Gasteiger partial charge on any atom is -0.470 e. The number of benzene rings is 1. The van der Waals surface area contributed by atoms with Crippen molar-refractivity contribution in [2.24, 2.45) is 0 Å². The predicted octanol–water partition coefficient (Wildman–Crippen LogP) is 2.11. The summed E-state index contributed by atoms with van der Waals surface area (Å²) in [6.07, 6.45) is -0.244. The molecule has 1 aliphatic rings. The molecule has 0 saturated heterocycles. The van der Waals surface area contributed by atoms with E-state index in [1.54, 1.807) is 11.0 Å². The number of hydrogen-bond donors (Lipinski definition) is 0. The Bertz CT molecular complexity index is 381. The maximum Gasteiger partial charge on any atom is 0.260 e. The summed E-state index contributed by atoms with van der Waals surface area (Å²) in [6.45, 7) is 2.36. The summed E-state index contributed by atoms with van der Waals surface area (Å²) in [5.74, 6) is 1.06. The SMILES string of the molecule is CC1Oc2ccccc2C(=O)N1CCCl. The van der Waals surface area contributed by atoms with Crippen molar-refractivity contribution in [2.75, 3.05) is 12.4 Å². The number of nitrogens with zero attached hydrogens (tertiary/aromatic N) is 1. The van der Waals surface area contributed by atoms with Crippen LogP contribution < -0.4 is 4.74 Å². The summed E-state index contributed by atoms with van der Waals surface area (Å²) in [4.78, 5) is 13.6. The topological polar surface area (TPSA) is 29.5 Å². The quantitative estimate of drug-likeness (QED) is 0.722. The van der Waals surface area contributed by atoms with Crippen LogP contribution in [0.1, 0.15) is 17.3 Å². The molecule has 4 heteroatoms. The Morgan fingerprint density at radius 2 is 2.20 bits per heavy atom. The first-order valence-corrected chi connectivity index (χ1v) is 5.40. The number of carbonyl (C=O) groups excluding carboxylic acids is 1. The van der Waals surface area contributed by atoms with E-state index >= 15 is 0 Å². The second-order valence-electron chi connectivity index (χ2n) is 3.40. The van der Waals surface area contributed by atoms with E-state index in [0.29, 0.717) is 23.7 Å². The zero-order valence-corrected chi connectivity index (χ0v) is 9.20. The maximum absolute atomic E-state index is 12.0. The van der Waals surface area contributed by atoms with Gasteiger partial charge in [-0.05, 0) is 19.1 Å². The first-order chi connectivity index (χ1) is 7.24. The molecule has 2 rings (SSSR count). The van der Waals surface area contributed by atoms with E-state index < -0.39 is 0 Å². The number of alkyl halides is 1. The number of halogens is 1. The van der Waals surface area contributed by atoms with Gasteiger partial charge in [0.15, 0.2) is 6.23 Å². The fraction of sp³-hybridized carbons (Fsp3) is 0.364. The van der Waals surface area contributed by atoms with Crippen molar-refractivity contribution >= 4 is 17.5 Å². The Labute approximate surface area is 93.6 Å². The highest BCUT2D eigenvalue weighted by molar-refractivity contribution is 6.18. The van der Waals surface area contributed by atoms with Gasteiger partial charge in [0.1, 0.15) is 5.75 Å². The normalized spacial score (nSPS) is 19.7. The van der Waals surface area contributed by atoms with Crippen molar-refractivity contribution in [1.82, 2.24) is 4.90 Å². The maximum atomic E-state index is 12.0. The lowest BCUT2D eigenvalue weighted by molar-refractivity contribution is 0.0209. The van der Waals surface area contributed by atoms with Gasteiger partial charge in [-0.15, -0.1) is 11.6 Å². The van der Waals surface area contributed by atoms with Crippen molar-refractivity contribution in [2.45, 2.75) is 13.2 Å². The lowest BCUT2D eigenvalue weighted by Crippen LogP contribution is -2.46. The molecule has 15 heavy (non-hydrogen) atoms. The second-order valence-corrected chi connectivity index (χ2v) is 3.78. The molecule has 1 atom stereocenters. The average molecular weight is 226 g/mol. The Hall–Kier alpha value is -1.22. The minimum atomic E-state index is -0.244. The zero-order chi connectivity index (χ0) is 10.8. The molecule has 80 valence electrons. The van der Waals surface area contributed by atoms with Gasteiger partial charge in [-0.25, -0.2) is 0 Å². The first kappa shape index (κ1) is 10.3. The van der Waals surface area contributed by atoms with Crippen molar-refractivity contribution in [3.05, 3.63) is 29.8 Å². The van der Waals surface area contributed by atoms with Crippen molar-refractivity contribution < 1.29 is 9.53 Å².